The van der Waals surface area contributed by atoms with E-state index < -0.39 is 11.4 Å². The highest BCUT2D eigenvalue weighted by atomic mass is 32.2. The number of aromatic amines is 1. The Bertz CT molecular complexity index is 903. The predicted molar refractivity (Wildman–Crippen MR) is 110 cm³/mol. The van der Waals surface area contributed by atoms with Crippen molar-refractivity contribution in [1.29, 1.82) is 0 Å². The van der Waals surface area contributed by atoms with Crippen LogP contribution in [-0.2, 0) is 15.2 Å². The summed E-state index contributed by atoms with van der Waals surface area (Å²) in [6, 6.07) is 2.87. The zero-order valence-electron chi connectivity index (χ0n) is 16.5. The van der Waals surface area contributed by atoms with Crippen molar-refractivity contribution in [3.63, 3.8) is 0 Å². The normalized spacial score (nSPS) is 21.5. The third kappa shape index (κ3) is 5.28. The molecular weight excluding hydrogens is 397 g/mol. The maximum atomic E-state index is 14.5. The first-order valence-corrected chi connectivity index (χ1v) is 11.0. The van der Waals surface area contributed by atoms with Crippen LogP contribution >= 0.6 is 11.8 Å². The SMILES string of the molecule is CN1CCOC(COc2cc(F)c3c(=O)[nH]c(CSC4CCOCC4)nc3c2)C1. The molecule has 2 fully saturated rings. The first kappa shape index (κ1) is 20.6. The molecule has 158 valence electrons. The zero-order valence-corrected chi connectivity index (χ0v) is 17.3. The van der Waals surface area contributed by atoms with E-state index in [1.165, 1.54) is 6.07 Å². The fraction of sp³-hybridized carbons (Fsp3) is 0.600. The van der Waals surface area contributed by atoms with E-state index in [0.717, 1.165) is 39.1 Å². The Morgan fingerprint density at radius 1 is 1.34 bits per heavy atom. The quantitative estimate of drug-likeness (QED) is 0.763. The number of thioether (sulfide) groups is 1. The molecule has 2 aliphatic rings. The third-order valence-corrected chi connectivity index (χ3v) is 6.57. The summed E-state index contributed by atoms with van der Waals surface area (Å²) in [5.74, 6) is 0.849. The van der Waals surface area contributed by atoms with E-state index in [1.807, 2.05) is 7.05 Å². The molecule has 0 spiro atoms. The summed E-state index contributed by atoms with van der Waals surface area (Å²) in [4.78, 5) is 21.8. The van der Waals surface area contributed by atoms with E-state index in [4.69, 9.17) is 14.2 Å². The molecule has 1 aromatic heterocycles. The molecule has 1 aromatic carbocycles. The van der Waals surface area contributed by atoms with Gasteiger partial charge in [-0.3, -0.25) is 4.79 Å². The number of hydrogen-bond donors (Lipinski definition) is 1. The number of benzene rings is 1. The van der Waals surface area contributed by atoms with Crippen LogP contribution in [-0.4, -0.2) is 72.8 Å². The van der Waals surface area contributed by atoms with Gasteiger partial charge in [0.1, 0.15) is 35.5 Å². The average molecular weight is 424 g/mol. The summed E-state index contributed by atoms with van der Waals surface area (Å²) in [5.41, 5.74) is -0.146. The maximum Gasteiger partial charge on any atom is 0.261 e. The van der Waals surface area contributed by atoms with Crippen molar-refractivity contribution in [2.75, 3.05) is 46.6 Å². The molecule has 0 bridgehead atoms. The minimum absolute atomic E-state index is 0.0363. The molecule has 0 amide bonds. The van der Waals surface area contributed by atoms with Gasteiger partial charge in [-0.1, -0.05) is 0 Å². The first-order valence-electron chi connectivity index (χ1n) is 9.93. The molecule has 2 saturated heterocycles. The summed E-state index contributed by atoms with van der Waals surface area (Å²) >= 11 is 1.75. The van der Waals surface area contributed by atoms with Gasteiger partial charge < -0.3 is 24.1 Å². The minimum Gasteiger partial charge on any atom is -0.491 e. The fourth-order valence-electron chi connectivity index (χ4n) is 3.60. The van der Waals surface area contributed by atoms with Crippen LogP contribution < -0.4 is 10.3 Å². The number of nitrogens with zero attached hydrogens (tertiary/aromatic N) is 2. The van der Waals surface area contributed by atoms with Crippen molar-refractivity contribution in [1.82, 2.24) is 14.9 Å². The van der Waals surface area contributed by atoms with E-state index in [2.05, 4.69) is 14.9 Å². The van der Waals surface area contributed by atoms with Crippen LogP contribution in [0.2, 0.25) is 0 Å². The van der Waals surface area contributed by atoms with Crippen molar-refractivity contribution < 1.29 is 18.6 Å². The minimum atomic E-state index is -0.628. The van der Waals surface area contributed by atoms with Gasteiger partial charge in [0.15, 0.2) is 0 Å². The van der Waals surface area contributed by atoms with Crippen molar-refractivity contribution in [2.45, 2.75) is 29.9 Å². The largest absolute Gasteiger partial charge is 0.491 e. The number of rotatable bonds is 6. The molecular formula is C20H26FN3O4S. The summed E-state index contributed by atoms with van der Waals surface area (Å²) in [7, 11) is 2.03. The van der Waals surface area contributed by atoms with Gasteiger partial charge in [0, 0.05) is 43.7 Å². The van der Waals surface area contributed by atoms with Crippen LogP contribution in [0.1, 0.15) is 18.7 Å². The number of morpholine rings is 1. The number of ether oxygens (including phenoxy) is 3. The third-order valence-electron chi connectivity index (χ3n) is 5.19. The number of fused-ring (bicyclic) bond motifs is 1. The molecule has 0 radical (unpaired) electrons. The Morgan fingerprint density at radius 3 is 2.97 bits per heavy atom. The topological polar surface area (TPSA) is 76.7 Å². The van der Waals surface area contributed by atoms with Gasteiger partial charge in [0.05, 0.1) is 17.9 Å². The van der Waals surface area contributed by atoms with E-state index in [0.29, 0.717) is 41.3 Å². The number of likely N-dealkylation sites (N-methyl/N-ethyl adjacent to an activating group) is 1. The number of H-pyrrole nitrogens is 1. The lowest BCUT2D eigenvalue weighted by molar-refractivity contribution is -0.0403. The van der Waals surface area contributed by atoms with Crippen LogP contribution in [0.5, 0.6) is 5.75 Å². The lowest BCUT2D eigenvalue weighted by Gasteiger charge is -2.29. The highest BCUT2D eigenvalue weighted by Crippen LogP contribution is 2.26. The molecule has 3 heterocycles. The summed E-state index contributed by atoms with van der Waals surface area (Å²) in [6.45, 7) is 4.17. The van der Waals surface area contributed by atoms with Crippen molar-refractivity contribution in [3.8, 4) is 5.75 Å². The van der Waals surface area contributed by atoms with E-state index >= 15 is 0 Å². The van der Waals surface area contributed by atoms with Gasteiger partial charge in [-0.2, -0.15) is 11.8 Å². The Balaban J connectivity index is 1.47. The van der Waals surface area contributed by atoms with Gasteiger partial charge in [-0.15, -0.1) is 0 Å². The summed E-state index contributed by atoms with van der Waals surface area (Å²) in [5, 5.41) is 0.454. The maximum absolute atomic E-state index is 14.5. The Morgan fingerprint density at radius 2 is 2.17 bits per heavy atom. The second-order valence-electron chi connectivity index (χ2n) is 7.50. The zero-order chi connectivity index (χ0) is 20.2. The van der Waals surface area contributed by atoms with Crippen LogP contribution in [0.4, 0.5) is 4.39 Å². The number of hydrogen-bond acceptors (Lipinski definition) is 7. The van der Waals surface area contributed by atoms with E-state index in [1.54, 1.807) is 17.8 Å². The summed E-state index contributed by atoms with van der Waals surface area (Å²) < 4.78 is 31.3. The first-order chi connectivity index (χ1) is 14.1. The predicted octanol–water partition coefficient (Wildman–Crippen LogP) is 2.18. The monoisotopic (exact) mass is 423 g/mol. The van der Waals surface area contributed by atoms with Crippen LogP contribution in [0.15, 0.2) is 16.9 Å². The molecule has 9 heteroatoms. The lowest BCUT2D eigenvalue weighted by atomic mass is 10.2. The fourth-order valence-corrected chi connectivity index (χ4v) is 4.65. The van der Waals surface area contributed by atoms with Crippen molar-refractivity contribution in [2.24, 2.45) is 0 Å². The molecule has 0 saturated carbocycles. The van der Waals surface area contributed by atoms with Gasteiger partial charge in [-0.25, -0.2) is 9.37 Å². The molecule has 4 rings (SSSR count). The molecule has 7 nitrogen and oxygen atoms in total. The van der Waals surface area contributed by atoms with Crippen LogP contribution in [0.3, 0.4) is 0 Å². The molecule has 1 unspecified atom stereocenters. The molecule has 2 aromatic rings. The van der Waals surface area contributed by atoms with Crippen LogP contribution in [0, 0.1) is 5.82 Å². The van der Waals surface area contributed by atoms with Gasteiger partial charge in [-0.05, 0) is 19.9 Å². The molecule has 1 atom stereocenters. The van der Waals surface area contributed by atoms with E-state index in [9.17, 15) is 9.18 Å². The second kappa shape index (κ2) is 9.42. The van der Waals surface area contributed by atoms with Crippen molar-refractivity contribution in [3.05, 3.63) is 34.1 Å². The Hall–Kier alpha value is -1.68. The lowest BCUT2D eigenvalue weighted by Crippen LogP contribution is -2.42. The number of halogens is 1. The van der Waals surface area contributed by atoms with Gasteiger partial charge in [0.25, 0.3) is 5.56 Å². The van der Waals surface area contributed by atoms with Crippen LogP contribution in [0.25, 0.3) is 10.9 Å². The number of aromatic nitrogens is 2. The second-order valence-corrected chi connectivity index (χ2v) is 8.79. The highest BCUT2D eigenvalue weighted by molar-refractivity contribution is 7.99. The Kier molecular flexibility index (Phi) is 6.69. The average Bonchev–Trinajstić information content (AvgIpc) is 2.71. The van der Waals surface area contributed by atoms with Gasteiger partial charge >= 0.3 is 0 Å². The molecule has 0 aliphatic carbocycles. The number of nitrogens with one attached hydrogen (secondary N) is 1. The molecule has 29 heavy (non-hydrogen) atoms. The van der Waals surface area contributed by atoms with Gasteiger partial charge in [0.2, 0.25) is 0 Å². The molecule has 2 aliphatic heterocycles. The summed E-state index contributed by atoms with van der Waals surface area (Å²) in [6.07, 6.45) is 1.92. The standard InChI is InChI=1S/C20H26FN3O4S/c1-24-4-7-27-14(10-24)11-28-13-8-16(21)19-17(9-13)22-18(23-20(19)25)12-29-15-2-5-26-6-3-15/h8-9,14-15H,2-7,10-12H2,1H3,(H,22,23,25). The highest BCUT2D eigenvalue weighted by Gasteiger charge is 2.19. The van der Waals surface area contributed by atoms with E-state index in [-0.39, 0.29) is 11.5 Å². The smallest absolute Gasteiger partial charge is 0.261 e. The van der Waals surface area contributed by atoms with Crippen molar-refractivity contribution >= 4 is 22.7 Å². The Labute approximate surface area is 172 Å². The molecule has 1 N–H and O–H groups in total.